The first-order valence-electron chi connectivity index (χ1n) is 33.6. The normalized spacial score (nSPS) is 14.8. The lowest BCUT2D eigenvalue weighted by molar-refractivity contribution is 0.589. The average Bonchev–Trinajstić information content (AvgIpc) is 1.51. The van der Waals surface area contributed by atoms with Crippen LogP contribution in [0.3, 0.4) is 0 Å². The molecule has 13 aromatic rings. The third kappa shape index (κ3) is 10.3. The van der Waals surface area contributed by atoms with Crippen molar-refractivity contribution in [2.24, 2.45) is 0 Å². The number of anilines is 6. The van der Waals surface area contributed by atoms with E-state index < -0.39 is 5.41 Å². The molecular weight excluding hydrogens is 1130 g/mol. The Morgan fingerprint density at radius 2 is 0.613 bits per heavy atom. The van der Waals surface area contributed by atoms with Gasteiger partial charge in [0.15, 0.2) is 5.58 Å². The summed E-state index contributed by atoms with van der Waals surface area (Å²) >= 11 is 0. The molecule has 1 unspecified atom stereocenters. The van der Waals surface area contributed by atoms with Crippen LogP contribution < -0.4 is 9.80 Å². The third-order valence-corrected chi connectivity index (χ3v) is 20.1. The molecule has 0 spiro atoms. The van der Waals surface area contributed by atoms with Gasteiger partial charge in [0.05, 0.1) is 16.8 Å². The molecule has 0 saturated heterocycles. The highest BCUT2D eigenvalue weighted by molar-refractivity contribution is 6.24. The van der Waals surface area contributed by atoms with E-state index in [1.165, 1.54) is 66.6 Å². The fraction of sp³-hybridized carbons (Fsp3) is 0.281. The van der Waals surface area contributed by atoms with Gasteiger partial charge < -0.3 is 18.6 Å². The van der Waals surface area contributed by atoms with Gasteiger partial charge in [0.1, 0.15) is 16.7 Å². The predicted octanol–water partition coefficient (Wildman–Crippen LogP) is 25.7. The third-order valence-electron chi connectivity index (χ3n) is 20.1. The van der Waals surface area contributed by atoms with Crippen molar-refractivity contribution >= 4 is 88.8 Å². The Labute approximate surface area is 551 Å². The number of hydrogen-bond donors (Lipinski definition) is 0. The second-order valence-electron chi connectivity index (χ2n) is 32.7. The van der Waals surface area contributed by atoms with Gasteiger partial charge in [-0.2, -0.15) is 0 Å². The van der Waals surface area contributed by atoms with Crippen LogP contribution in [0.25, 0.3) is 65.8 Å². The highest BCUT2D eigenvalue weighted by Crippen LogP contribution is 2.64. The Hall–Kier alpha value is -9.12. The average molecular weight is 1220 g/mol. The highest BCUT2D eigenvalue weighted by atomic mass is 16.3. The summed E-state index contributed by atoms with van der Waals surface area (Å²) in [6.07, 6.45) is 0. The minimum Gasteiger partial charge on any atom is -0.456 e. The number of nitrogens with zero attached hydrogens (tertiary/aromatic N) is 2. The summed E-state index contributed by atoms with van der Waals surface area (Å²) in [7, 11) is 0. The van der Waals surface area contributed by atoms with Crippen molar-refractivity contribution in [2.45, 2.75) is 163 Å². The minimum absolute atomic E-state index is 0.0373. The summed E-state index contributed by atoms with van der Waals surface area (Å²) in [6, 6.07) is 83.8. The van der Waals surface area contributed by atoms with Gasteiger partial charge in [-0.15, -0.1) is 0 Å². The van der Waals surface area contributed by atoms with E-state index in [1.54, 1.807) is 0 Å². The number of hydrogen-bond acceptors (Lipinski definition) is 4. The van der Waals surface area contributed by atoms with Gasteiger partial charge in [0.25, 0.3) is 0 Å². The van der Waals surface area contributed by atoms with Crippen molar-refractivity contribution < 1.29 is 8.83 Å². The summed E-state index contributed by atoms with van der Waals surface area (Å²) in [4.78, 5) is 4.99. The van der Waals surface area contributed by atoms with E-state index >= 15 is 0 Å². The molecule has 0 bridgehead atoms. The molecule has 2 aromatic heterocycles. The first kappa shape index (κ1) is 61.4. The van der Waals surface area contributed by atoms with Crippen LogP contribution in [0.1, 0.15) is 180 Å². The summed E-state index contributed by atoms with van der Waals surface area (Å²) in [5.41, 5.74) is 23.1. The predicted molar refractivity (Wildman–Crippen MR) is 397 cm³/mol. The number of fused-ring (bicyclic) bond motifs is 12. The number of rotatable bonds is 8. The van der Waals surface area contributed by atoms with Crippen LogP contribution in [0.15, 0.2) is 227 Å². The molecule has 1 aliphatic carbocycles. The first-order chi connectivity index (χ1) is 43.9. The molecule has 0 N–H and O–H groups in total. The maximum absolute atomic E-state index is 7.56. The molecule has 14 rings (SSSR count). The highest BCUT2D eigenvalue weighted by Gasteiger charge is 2.50. The topological polar surface area (TPSA) is 32.8 Å². The zero-order valence-corrected chi connectivity index (χ0v) is 58.0. The molecule has 0 amide bonds. The fourth-order valence-electron chi connectivity index (χ4n) is 14.6. The second kappa shape index (κ2) is 21.5. The van der Waals surface area contributed by atoms with Crippen LogP contribution in [0.4, 0.5) is 34.1 Å². The van der Waals surface area contributed by atoms with Crippen molar-refractivity contribution in [1.29, 1.82) is 0 Å². The second-order valence-corrected chi connectivity index (χ2v) is 32.7. The summed E-state index contributed by atoms with van der Waals surface area (Å²) < 4.78 is 14.5. The molecule has 0 radical (unpaired) electrons. The zero-order chi connectivity index (χ0) is 65.7. The zero-order valence-electron chi connectivity index (χ0n) is 58.0. The van der Waals surface area contributed by atoms with Crippen LogP contribution in [0.2, 0.25) is 0 Å². The van der Waals surface area contributed by atoms with E-state index in [9.17, 15) is 0 Å². The van der Waals surface area contributed by atoms with Crippen molar-refractivity contribution in [3.63, 3.8) is 0 Å². The van der Waals surface area contributed by atoms with Gasteiger partial charge >= 0.3 is 0 Å². The SMILES string of the molecule is CC(C)(C)c1ccc(N(c2ccc(C(C)(C)C)cc2)c2cc3c(c4ccccc24)-c2c(cc(N(c4ccc(C(C)(C)C)cc4)c4ccc(C(C)(C)C)cc4)c4oc5ccccc5c24)C3(c2ccc(C(C)(C)C)cc2)c2ccc3oc4ccc(C(C)(C)C)cc4c3c2)cc1. The smallest absolute Gasteiger partial charge is 0.160 e. The molecule has 1 aliphatic rings. The molecule has 2 heterocycles. The van der Waals surface area contributed by atoms with E-state index in [-0.39, 0.29) is 32.5 Å². The van der Waals surface area contributed by atoms with Crippen LogP contribution >= 0.6 is 0 Å². The molecule has 4 heteroatoms. The fourth-order valence-corrected chi connectivity index (χ4v) is 14.6. The molecule has 93 heavy (non-hydrogen) atoms. The lowest BCUT2D eigenvalue weighted by Crippen LogP contribution is -2.29. The van der Waals surface area contributed by atoms with Crippen LogP contribution in [0.5, 0.6) is 0 Å². The number of benzene rings is 11. The summed E-state index contributed by atoms with van der Waals surface area (Å²) in [5.74, 6) is 0. The molecule has 1 atom stereocenters. The van der Waals surface area contributed by atoms with Crippen LogP contribution in [-0.2, 0) is 37.9 Å². The van der Waals surface area contributed by atoms with E-state index in [0.29, 0.717) is 0 Å². The van der Waals surface area contributed by atoms with E-state index in [1.807, 2.05) is 0 Å². The molecule has 0 fully saturated rings. The van der Waals surface area contributed by atoms with Gasteiger partial charge in [-0.3, -0.25) is 0 Å². The maximum atomic E-state index is 7.56. The lowest BCUT2D eigenvalue weighted by atomic mass is 9.66. The quantitative estimate of drug-likeness (QED) is 0.152. The monoisotopic (exact) mass is 1220 g/mol. The summed E-state index contributed by atoms with van der Waals surface area (Å²) in [5, 5.41) is 6.67. The lowest BCUT2D eigenvalue weighted by Gasteiger charge is -2.36. The Balaban J connectivity index is 1.19. The Morgan fingerprint density at radius 3 is 1.08 bits per heavy atom. The molecule has 0 aliphatic heterocycles. The number of para-hydroxylation sites is 1. The van der Waals surface area contributed by atoms with Crippen molar-refractivity contribution in [1.82, 2.24) is 0 Å². The van der Waals surface area contributed by atoms with Crippen molar-refractivity contribution in [3.05, 3.63) is 274 Å². The van der Waals surface area contributed by atoms with E-state index in [4.69, 9.17) is 8.83 Å². The van der Waals surface area contributed by atoms with E-state index in [2.05, 4.69) is 353 Å². The standard InChI is InChI=1S/C89H90N2O2/c1-83(2,3)55-27-29-60(30-28-55)89(62-40-50-78-71(52-62)70-51-61(88(16,17)18)39-49-77(70)92-78)72-53-74(90(63-41-31-56(32-42-63)84(4,5)6)64-43-33-57(34-44-64)85(7,8)9)67-23-19-20-24-68(67)79(72)81-73(89)54-75(82-80(81)69-25-21-22-26-76(69)93-82)91(65-45-35-58(36-46-65)86(10,11)12)66-47-37-59(38-48-66)87(13,14)15/h19-54H,1-18H3. The van der Waals surface area contributed by atoms with Gasteiger partial charge in [-0.1, -0.05) is 252 Å². The Bertz CT molecular complexity index is 4920. The number of furan rings is 2. The van der Waals surface area contributed by atoms with Gasteiger partial charge in [0.2, 0.25) is 0 Å². The largest absolute Gasteiger partial charge is 0.456 e. The molecular formula is C89H90N2O2. The Kier molecular flexibility index (Phi) is 14.2. The molecule has 468 valence electrons. The minimum atomic E-state index is -0.976. The summed E-state index contributed by atoms with van der Waals surface area (Å²) in [6.45, 7) is 41.4. The van der Waals surface area contributed by atoms with Crippen LogP contribution in [0, 0.1) is 0 Å². The van der Waals surface area contributed by atoms with Gasteiger partial charge in [-0.05, 0) is 196 Å². The van der Waals surface area contributed by atoms with E-state index in [0.717, 1.165) is 89.0 Å². The maximum Gasteiger partial charge on any atom is 0.160 e. The molecule has 4 nitrogen and oxygen atoms in total. The molecule has 11 aromatic carbocycles. The van der Waals surface area contributed by atoms with Gasteiger partial charge in [0, 0.05) is 49.7 Å². The van der Waals surface area contributed by atoms with Gasteiger partial charge in [-0.25, -0.2) is 0 Å². The van der Waals surface area contributed by atoms with Crippen molar-refractivity contribution in [3.8, 4) is 11.1 Å². The van der Waals surface area contributed by atoms with Crippen molar-refractivity contribution in [2.75, 3.05) is 9.80 Å². The molecule has 0 saturated carbocycles. The first-order valence-corrected chi connectivity index (χ1v) is 33.6. The van der Waals surface area contributed by atoms with Crippen LogP contribution in [-0.4, -0.2) is 0 Å². The Morgan fingerprint density at radius 1 is 0.269 bits per heavy atom.